The van der Waals surface area contributed by atoms with Crippen LogP contribution in [-0.4, -0.2) is 24.3 Å². The molecular weight excluding hydrogens is 350 g/mol. The quantitative estimate of drug-likeness (QED) is 0.643. The second kappa shape index (κ2) is 7.71. The predicted molar refractivity (Wildman–Crippen MR) is 102 cm³/mol. The maximum absolute atomic E-state index is 13.2. The van der Waals surface area contributed by atoms with Crippen molar-refractivity contribution in [1.29, 1.82) is 0 Å². The van der Waals surface area contributed by atoms with E-state index in [2.05, 4.69) is 20.6 Å². The average molecular weight is 372 g/mol. The molecule has 0 fully saturated rings. The lowest BCUT2D eigenvalue weighted by Gasteiger charge is -2.37. The Hall–Kier alpha value is -3.00. The Labute approximate surface area is 156 Å². The van der Waals surface area contributed by atoms with Gasteiger partial charge < -0.3 is 11.1 Å². The van der Waals surface area contributed by atoms with Gasteiger partial charge >= 0.3 is 0 Å². The molecular formula is C19H22F2N6. The normalized spacial score (nSPS) is 21.9. The number of rotatable bonds is 5. The largest absolute Gasteiger partial charge is 0.370 e. The summed E-state index contributed by atoms with van der Waals surface area (Å²) in [5.41, 5.74) is 14.1. The minimum atomic E-state index is -1.22. The van der Waals surface area contributed by atoms with Gasteiger partial charge in [-0.05, 0) is 41.8 Å². The maximum atomic E-state index is 13.2. The molecule has 142 valence electrons. The van der Waals surface area contributed by atoms with E-state index < -0.39 is 5.79 Å². The topological polar surface area (TPSA) is 101 Å². The first-order valence-corrected chi connectivity index (χ1v) is 8.59. The summed E-state index contributed by atoms with van der Waals surface area (Å²) in [6, 6.07) is 12.3. The second-order valence-electron chi connectivity index (χ2n) is 6.45. The zero-order valence-corrected chi connectivity index (χ0v) is 14.9. The third kappa shape index (κ3) is 4.59. The Morgan fingerprint density at radius 3 is 2.30 bits per heavy atom. The van der Waals surface area contributed by atoms with Crippen LogP contribution in [0.4, 0.5) is 8.78 Å². The molecule has 2 aromatic carbocycles. The van der Waals surface area contributed by atoms with E-state index in [1.165, 1.54) is 24.3 Å². The lowest BCUT2D eigenvalue weighted by molar-refractivity contribution is 0.337. The summed E-state index contributed by atoms with van der Waals surface area (Å²) in [4.78, 5) is 8.71. The fourth-order valence-electron chi connectivity index (χ4n) is 2.84. The highest BCUT2D eigenvalue weighted by atomic mass is 19.1. The van der Waals surface area contributed by atoms with E-state index in [1.807, 2.05) is 6.92 Å². The first kappa shape index (κ1) is 18.8. The maximum Gasteiger partial charge on any atom is 0.201 e. The van der Waals surface area contributed by atoms with Crippen molar-refractivity contribution in [3.05, 3.63) is 71.3 Å². The first-order valence-electron chi connectivity index (χ1n) is 8.59. The lowest BCUT2D eigenvalue weighted by Crippen LogP contribution is -2.66. The third-order valence-electron chi connectivity index (χ3n) is 4.48. The van der Waals surface area contributed by atoms with Crippen molar-refractivity contribution in [3.63, 3.8) is 0 Å². The minimum absolute atomic E-state index is 0.144. The lowest BCUT2D eigenvalue weighted by atomic mass is 9.94. The zero-order chi connectivity index (χ0) is 19.4. The summed E-state index contributed by atoms with van der Waals surface area (Å²) < 4.78 is 26.1. The molecule has 1 unspecified atom stereocenters. The van der Waals surface area contributed by atoms with Crippen molar-refractivity contribution < 1.29 is 8.78 Å². The summed E-state index contributed by atoms with van der Waals surface area (Å²) in [7, 11) is 0. The van der Waals surface area contributed by atoms with Crippen LogP contribution >= 0.6 is 0 Å². The molecule has 0 aliphatic carbocycles. The van der Waals surface area contributed by atoms with Crippen molar-refractivity contribution in [1.82, 2.24) is 10.6 Å². The Morgan fingerprint density at radius 1 is 1.07 bits per heavy atom. The molecule has 8 heteroatoms. The number of nitrogens with zero attached hydrogens (tertiary/aromatic N) is 2. The molecule has 6 nitrogen and oxygen atoms in total. The summed E-state index contributed by atoms with van der Waals surface area (Å²) in [5.74, 6) is -1.55. The molecule has 1 heterocycles. The second-order valence-corrected chi connectivity index (χ2v) is 6.45. The van der Waals surface area contributed by atoms with Crippen LogP contribution in [0.25, 0.3) is 0 Å². The van der Waals surface area contributed by atoms with Gasteiger partial charge in [-0.15, -0.1) is 0 Å². The number of aliphatic imine (C=N–C) groups is 2. The summed E-state index contributed by atoms with van der Waals surface area (Å²) >= 11 is 0. The SMILES string of the molecule is C[C@@H](c1ccc(F)cc1)C1(N)N=C(N)NC(=NCCc2ccc(F)cc2)N1. The van der Waals surface area contributed by atoms with Gasteiger partial charge in [0.15, 0.2) is 11.7 Å². The van der Waals surface area contributed by atoms with Crippen molar-refractivity contribution >= 4 is 11.9 Å². The monoisotopic (exact) mass is 372 g/mol. The van der Waals surface area contributed by atoms with Crippen molar-refractivity contribution in [2.45, 2.75) is 25.0 Å². The molecule has 3 rings (SSSR count). The van der Waals surface area contributed by atoms with Crippen molar-refractivity contribution in [3.8, 4) is 0 Å². The van der Waals surface area contributed by atoms with E-state index in [1.54, 1.807) is 24.3 Å². The molecule has 1 aliphatic heterocycles. The number of nitrogens with one attached hydrogen (secondary N) is 2. The first-order chi connectivity index (χ1) is 12.9. The van der Waals surface area contributed by atoms with E-state index in [4.69, 9.17) is 11.5 Å². The van der Waals surface area contributed by atoms with Crippen molar-refractivity contribution in [2.24, 2.45) is 21.5 Å². The number of hydrogen-bond donors (Lipinski definition) is 4. The molecule has 0 bridgehead atoms. The van der Waals surface area contributed by atoms with E-state index >= 15 is 0 Å². The van der Waals surface area contributed by atoms with Gasteiger partial charge in [0, 0.05) is 12.5 Å². The van der Waals surface area contributed by atoms with Crippen LogP contribution in [0.5, 0.6) is 0 Å². The fraction of sp³-hybridized carbons (Fsp3) is 0.263. The van der Waals surface area contributed by atoms with Crippen LogP contribution in [0.15, 0.2) is 58.5 Å². The van der Waals surface area contributed by atoms with Crippen LogP contribution in [0.2, 0.25) is 0 Å². The summed E-state index contributed by atoms with van der Waals surface area (Å²) in [6.45, 7) is 2.33. The molecule has 0 saturated carbocycles. The third-order valence-corrected chi connectivity index (χ3v) is 4.48. The van der Waals surface area contributed by atoms with E-state index in [0.717, 1.165) is 11.1 Å². The molecule has 2 atom stereocenters. The highest BCUT2D eigenvalue weighted by Gasteiger charge is 2.37. The fourth-order valence-corrected chi connectivity index (χ4v) is 2.84. The Morgan fingerprint density at radius 2 is 1.67 bits per heavy atom. The van der Waals surface area contributed by atoms with Crippen molar-refractivity contribution in [2.75, 3.05) is 6.54 Å². The van der Waals surface area contributed by atoms with Gasteiger partial charge in [-0.1, -0.05) is 31.2 Å². The van der Waals surface area contributed by atoms with Crippen LogP contribution in [-0.2, 0) is 6.42 Å². The highest BCUT2D eigenvalue weighted by Crippen LogP contribution is 2.26. The van der Waals surface area contributed by atoms with E-state index in [9.17, 15) is 8.78 Å². The average Bonchev–Trinajstić information content (AvgIpc) is 2.63. The smallest absolute Gasteiger partial charge is 0.201 e. The molecule has 0 radical (unpaired) electrons. The Kier molecular flexibility index (Phi) is 5.36. The number of benzene rings is 2. The molecule has 0 aromatic heterocycles. The summed E-state index contributed by atoms with van der Waals surface area (Å²) in [6.07, 6.45) is 0.634. The van der Waals surface area contributed by atoms with Gasteiger partial charge in [0.05, 0.1) is 0 Å². The van der Waals surface area contributed by atoms with E-state index in [-0.39, 0.29) is 23.5 Å². The standard InChI is InChI=1S/C19H22F2N6/c1-12(14-4-8-16(21)9-5-14)19(23)26-17(22)25-18(27-19)24-11-10-13-2-6-15(20)7-3-13/h2-9,12H,10-11,23H2,1H3,(H4,22,24,25,26,27)/t12-,19?/m0/s1. The Bertz CT molecular complexity index is 848. The molecule has 0 saturated heterocycles. The Balaban J connectivity index is 1.71. The number of nitrogens with two attached hydrogens (primary N) is 2. The summed E-state index contributed by atoms with van der Waals surface area (Å²) in [5, 5.41) is 5.91. The predicted octanol–water partition coefficient (Wildman–Crippen LogP) is 1.79. The van der Waals surface area contributed by atoms with Gasteiger partial charge in [-0.25, -0.2) is 13.8 Å². The minimum Gasteiger partial charge on any atom is -0.370 e. The number of halogens is 2. The number of guanidine groups is 2. The highest BCUT2D eigenvalue weighted by molar-refractivity contribution is 6.00. The van der Waals surface area contributed by atoms with Gasteiger partial charge in [0.2, 0.25) is 5.96 Å². The molecule has 1 aliphatic rings. The number of hydrogen-bond acceptors (Lipinski definition) is 4. The molecule has 6 N–H and O–H groups in total. The van der Waals surface area contributed by atoms with Gasteiger partial charge in [-0.3, -0.25) is 16.0 Å². The molecule has 27 heavy (non-hydrogen) atoms. The zero-order valence-electron chi connectivity index (χ0n) is 14.9. The van der Waals surface area contributed by atoms with E-state index in [0.29, 0.717) is 18.9 Å². The van der Waals surface area contributed by atoms with Crippen LogP contribution in [0, 0.1) is 11.6 Å². The van der Waals surface area contributed by atoms with Crippen LogP contribution in [0.1, 0.15) is 24.0 Å². The van der Waals surface area contributed by atoms with Gasteiger partial charge in [0.25, 0.3) is 0 Å². The van der Waals surface area contributed by atoms with Gasteiger partial charge in [-0.2, -0.15) is 0 Å². The molecule has 0 spiro atoms. The van der Waals surface area contributed by atoms with Crippen LogP contribution in [0.3, 0.4) is 0 Å². The molecule has 0 amide bonds. The van der Waals surface area contributed by atoms with Gasteiger partial charge in [0.1, 0.15) is 11.6 Å². The molecule has 2 aromatic rings. The van der Waals surface area contributed by atoms with Crippen LogP contribution < -0.4 is 22.1 Å².